The molecule has 11 nitrogen and oxygen atoms in total. The van der Waals surface area contributed by atoms with Crippen LogP contribution in [0.4, 0.5) is 5.82 Å². The van der Waals surface area contributed by atoms with Crippen molar-refractivity contribution in [3.05, 3.63) is 102 Å². The van der Waals surface area contributed by atoms with Crippen LogP contribution in [-0.4, -0.2) is 62.3 Å². The number of hydrogen-bond donors (Lipinski definition) is 1. The van der Waals surface area contributed by atoms with E-state index < -0.39 is 11.0 Å². The Kier molecular flexibility index (Phi) is 8.10. The number of amides is 1. The average Bonchev–Trinajstić information content (AvgIpc) is 3.59. The van der Waals surface area contributed by atoms with Gasteiger partial charge in [-0.3, -0.25) is 9.78 Å². The maximum atomic E-state index is 13.3. The highest BCUT2D eigenvalue weighted by Crippen LogP contribution is 2.31. The lowest BCUT2D eigenvalue weighted by molar-refractivity contribution is 0.102. The Morgan fingerprint density at radius 3 is 2.58 bits per heavy atom. The van der Waals surface area contributed by atoms with Crippen molar-refractivity contribution in [2.24, 2.45) is 0 Å². The predicted molar refractivity (Wildman–Crippen MR) is 152 cm³/mol. The number of rotatable bonds is 7. The first-order valence-electron chi connectivity index (χ1n) is 12.8. The summed E-state index contributed by atoms with van der Waals surface area (Å²) in [7, 11) is -1.09. The molecular formula is C28H30N8O3S. The zero-order valence-corrected chi connectivity index (χ0v) is 22.8. The molecule has 1 aliphatic heterocycles. The summed E-state index contributed by atoms with van der Waals surface area (Å²) in [5.74, 6) is 0.965. The van der Waals surface area contributed by atoms with E-state index in [4.69, 9.17) is 5.10 Å². The Hall–Kier alpha value is -4.26. The van der Waals surface area contributed by atoms with Crippen molar-refractivity contribution < 1.29 is 14.5 Å². The molecule has 1 fully saturated rings. The molecular weight excluding hydrogens is 528 g/mol. The number of piperidine rings is 1. The summed E-state index contributed by atoms with van der Waals surface area (Å²) >= 11 is 0. The van der Waals surface area contributed by atoms with Crippen LogP contribution in [0.5, 0.6) is 0 Å². The third-order valence-corrected chi connectivity index (χ3v) is 8.49. The third kappa shape index (κ3) is 5.69. The van der Waals surface area contributed by atoms with Crippen molar-refractivity contribution >= 4 is 28.4 Å². The van der Waals surface area contributed by atoms with Gasteiger partial charge in [0.15, 0.2) is 5.65 Å². The summed E-state index contributed by atoms with van der Waals surface area (Å²) in [6.07, 6.45) is 10.0. The van der Waals surface area contributed by atoms with Crippen LogP contribution in [0.25, 0.3) is 11.3 Å². The molecule has 3 N–H and O–H groups in total. The van der Waals surface area contributed by atoms with Crippen LogP contribution in [0.2, 0.25) is 0 Å². The fourth-order valence-corrected chi connectivity index (χ4v) is 6.09. The Balaban J connectivity index is 0.00000323. The predicted octanol–water partition coefficient (Wildman–Crippen LogP) is 3.09. The van der Waals surface area contributed by atoms with Gasteiger partial charge in [0, 0.05) is 49.9 Å². The summed E-state index contributed by atoms with van der Waals surface area (Å²) < 4.78 is 18.3. The summed E-state index contributed by atoms with van der Waals surface area (Å²) in [4.78, 5) is 21.6. The molecule has 1 saturated heterocycles. The van der Waals surface area contributed by atoms with Gasteiger partial charge in [-0.2, -0.15) is 10.2 Å². The average molecular weight is 559 g/mol. The smallest absolute Gasteiger partial charge is 0.262 e. The van der Waals surface area contributed by atoms with E-state index in [2.05, 4.69) is 20.4 Å². The summed E-state index contributed by atoms with van der Waals surface area (Å²) in [5.41, 5.74) is 4.80. The molecule has 1 amide bonds. The second-order valence-electron chi connectivity index (χ2n) is 9.63. The minimum Gasteiger partial charge on any atom is -0.412 e. The van der Waals surface area contributed by atoms with Crippen LogP contribution in [0, 0.1) is 6.92 Å². The van der Waals surface area contributed by atoms with Crippen LogP contribution in [0.15, 0.2) is 79.5 Å². The van der Waals surface area contributed by atoms with E-state index in [1.807, 2.05) is 53.7 Å². The minimum absolute atomic E-state index is 0. The van der Waals surface area contributed by atoms with Crippen molar-refractivity contribution in [3.63, 3.8) is 0 Å². The van der Waals surface area contributed by atoms with Gasteiger partial charge in [-0.15, -0.1) is 0 Å². The quantitative estimate of drug-likeness (QED) is 0.325. The van der Waals surface area contributed by atoms with Crippen molar-refractivity contribution in [2.75, 3.05) is 18.4 Å². The van der Waals surface area contributed by atoms with Gasteiger partial charge in [0.1, 0.15) is 11.4 Å². The van der Waals surface area contributed by atoms with Gasteiger partial charge in [0.2, 0.25) is 0 Å². The van der Waals surface area contributed by atoms with Gasteiger partial charge >= 0.3 is 0 Å². The zero-order valence-electron chi connectivity index (χ0n) is 22.0. The summed E-state index contributed by atoms with van der Waals surface area (Å²) in [6.45, 7) is 3.47. The Morgan fingerprint density at radius 2 is 1.82 bits per heavy atom. The number of anilines is 1. The number of hydrogen-bond acceptors (Lipinski definition) is 6. The number of carbonyl (C=O) groups is 1. The standard InChI is InChI=1S/C28H28N8O2S.H2O/c1-20-3-5-23(6-4-20)36-26(32-28(37)24-18-31-35-14-2-11-30-27(24)35)17-25(33-36)22-9-15-34(16-10-22)39(38)19-21-7-12-29-13-8-21;/h2-8,11-14,17-18,22H,9-10,15-16,19H2,1H3,(H,32,37);1H2. The second kappa shape index (κ2) is 11.9. The molecule has 0 radical (unpaired) electrons. The second-order valence-corrected chi connectivity index (χ2v) is 11.1. The zero-order chi connectivity index (χ0) is 26.8. The van der Waals surface area contributed by atoms with Crippen molar-refractivity contribution in [3.8, 4) is 5.69 Å². The molecule has 4 aromatic heterocycles. The topological polar surface area (TPSA) is 142 Å². The Labute approximate surface area is 233 Å². The van der Waals surface area contributed by atoms with Crippen LogP contribution in [0.1, 0.15) is 45.9 Å². The molecule has 0 saturated carbocycles. The van der Waals surface area contributed by atoms with E-state index >= 15 is 0 Å². The summed E-state index contributed by atoms with van der Waals surface area (Å²) in [5, 5.41) is 12.2. The molecule has 0 spiro atoms. The number of carbonyl (C=O) groups excluding carboxylic acids is 1. The van der Waals surface area contributed by atoms with E-state index in [9.17, 15) is 9.00 Å². The van der Waals surface area contributed by atoms with Crippen LogP contribution < -0.4 is 5.32 Å². The molecule has 5 heterocycles. The molecule has 0 aliphatic carbocycles. The molecule has 40 heavy (non-hydrogen) atoms. The lowest BCUT2D eigenvalue weighted by atomic mass is 9.95. The molecule has 1 unspecified atom stereocenters. The fourth-order valence-electron chi connectivity index (χ4n) is 4.81. The monoisotopic (exact) mass is 558 g/mol. The highest BCUT2D eigenvalue weighted by atomic mass is 32.2. The number of pyridine rings is 1. The minimum atomic E-state index is -1.09. The van der Waals surface area contributed by atoms with Gasteiger partial charge in [-0.05, 0) is 55.7 Å². The number of fused-ring (bicyclic) bond motifs is 1. The number of benzene rings is 1. The third-order valence-electron chi connectivity index (χ3n) is 6.97. The first-order chi connectivity index (χ1) is 19.0. The highest BCUT2D eigenvalue weighted by Gasteiger charge is 2.27. The first-order valence-corrected chi connectivity index (χ1v) is 14.1. The molecule has 1 atom stereocenters. The fraction of sp³-hybridized carbons (Fsp3) is 0.250. The normalized spacial score (nSPS) is 15.0. The molecule has 12 heteroatoms. The van der Waals surface area contributed by atoms with Crippen molar-refractivity contribution in [1.82, 2.24) is 33.7 Å². The van der Waals surface area contributed by atoms with Gasteiger partial charge in [-0.1, -0.05) is 17.7 Å². The SMILES string of the molecule is Cc1ccc(-n2nc(C3CCN(S(=O)Cc4ccncc4)CC3)cc2NC(=O)c2cnn3cccnc23)cc1.O. The van der Waals surface area contributed by atoms with Gasteiger partial charge in [0.25, 0.3) is 5.91 Å². The maximum absolute atomic E-state index is 13.3. The van der Waals surface area contributed by atoms with Crippen LogP contribution in [-0.2, 0) is 16.7 Å². The Morgan fingerprint density at radius 1 is 1.07 bits per heavy atom. The molecule has 0 bridgehead atoms. The first kappa shape index (κ1) is 27.3. The van der Waals surface area contributed by atoms with Gasteiger partial charge in [-0.25, -0.2) is 22.7 Å². The number of aryl methyl sites for hydroxylation is 1. The highest BCUT2D eigenvalue weighted by molar-refractivity contribution is 7.81. The van der Waals surface area contributed by atoms with E-state index in [0.717, 1.165) is 48.4 Å². The van der Waals surface area contributed by atoms with E-state index in [1.54, 1.807) is 40.1 Å². The molecule has 206 valence electrons. The lowest BCUT2D eigenvalue weighted by Crippen LogP contribution is -2.35. The van der Waals surface area contributed by atoms with Gasteiger partial charge in [0.05, 0.1) is 34.3 Å². The largest absolute Gasteiger partial charge is 0.412 e. The summed E-state index contributed by atoms with van der Waals surface area (Å²) in [6, 6.07) is 15.5. The Bertz CT molecular complexity index is 1630. The molecule has 1 aliphatic rings. The van der Waals surface area contributed by atoms with E-state index in [0.29, 0.717) is 22.8 Å². The molecule has 6 rings (SSSR count). The van der Waals surface area contributed by atoms with E-state index in [1.165, 1.54) is 6.20 Å². The number of nitrogens with one attached hydrogen (secondary N) is 1. The number of aromatic nitrogens is 6. The van der Waals surface area contributed by atoms with Gasteiger partial charge < -0.3 is 10.8 Å². The van der Waals surface area contributed by atoms with Crippen molar-refractivity contribution in [1.29, 1.82) is 0 Å². The molecule has 5 aromatic rings. The lowest BCUT2D eigenvalue weighted by Gasteiger charge is -2.30. The number of nitrogens with zero attached hydrogens (tertiary/aromatic N) is 7. The van der Waals surface area contributed by atoms with Crippen molar-refractivity contribution in [2.45, 2.75) is 31.4 Å². The van der Waals surface area contributed by atoms with Crippen LogP contribution in [0.3, 0.4) is 0 Å². The molecule has 1 aromatic carbocycles. The van der Waals surface area contributed by atoms with Crippen LogP contribution >= 0.6 is 0 Å². The van der Waals surface area contributed by atoms with E-state index in [-0.39, 0.29) is 17.3 Å². The maximum Gasteiger partial charge on any atom is 0.262 e.